The molecule has 1 fully saturated rings. The smallest absolute Gasteiger partial charge is 0.224 e. The predicted molar refractivity (Wildman–Crippen MR) is 51.5 cm³/mol. The van der Waals surface area contributed by atoms with Gasteiger partial charge in [-0.2, -0.15) is 0 Å². The minimum atomic E-state index is 0.513. The summed E-state index contributed by atoms with van der Waals surface area (Å²) in [5, 5.41) is 8.04. The number of nitrogens with zero attached hydrogens (tertiary/aromatic N) is 3. The molecule has 0 aliphatic heterocycles. The molecule has 0 aromatic carbocycles. The molecular formula is C9H14ClN3. The molecule has 2 rings (SSSR count). The fraction of sp³-hybridized carbons (Fsp3) is 0.778. The van der Waals surface area contributed by atoms with Gasteiger partial charge in [0.1, 0.15) is 6.33 Å². The molecule has 2 atom stereocenters. The van der Waals surface area contributed by atoms with E-state index < -0.39 is 0 Å². The molecule has 3 nitrogen and oxygen atoms in total. The van der Waals surface area contributed by atoms with E-state index in [4.69, 9.17) is 11.6 Å². The van der Waals surface area contributed by atoms with Gasteiger partial charge in [-0.25, -0.2) is 0 Å². The second-order valence-electron chi connectivity index (χ2n) is 3.92. The van der Waals surface area contributed by atoms with Crippen LogP contribution in [0.25, 0.3) is 0 Å². The van der Waals surface area contributed by atoms with E-state index in [0.29, 0.717) is 5.28 Å². The minimum absolute atomic E-state index is 0.513. The van der Waals surface area contributed by atoms with Crippen molar-refractivity contribution in [2.24, 2.45) is 11.8 Å². The molecule has 1 heterocycles. The Balaban J connectivity index is 2.01. The Morgan fingerprint density at radius 1 is 1.62 bits per heavy atom. The largest absolute Gasteiger partial charge is 0.304 e. The molecule has 4 heteroatoms. The first-order valence-electron chi connectivity index (χ1n) is 4.80. The molecular weight excluding hydrogens is 186 g/mol. The van der Waals surface area contributed by atoms with E-state index in [0.717, 1.165) is 18.4 Å². The summed E-state index contributed by atoms with van der Waals surface area (Å²) in [6.45, 7) is 3.29. The summed E-state index contributed by atoms with van der Waals surface area (Å²) in [5.41, 5.74) is 0. The number of hydrogen-bond acceptors (Lipinski definition) is 2. The molecule has 1 aromatic rings. The normalized spacial score (nSPS) is 28.2. The molecule has 1 saturated carbocycles. The molecule has 0 bridgehead atoms. The molecule has 0 radical (unpaired) electrons. The van der Waals surface area contributed by atoms with Crippen LogP contribution in [0.2, 0.25) is 5.28 Å². The fourth-order valence-electron chi connectivity index (χ4n) is 2.11. The second kappa shape index (κ2) is 3.66. The summed E-state index contributed by atoms with van der Waals surface area (Å²) in [4.78, 5) is 0. The lowest BCUT2D eigenvalue weighted by molar-refractivity contribution is 0.363. The lowest BCUT2D eigenvalue weighted by atomic mass is 9.98. The zero-order valence-corrected chi connectivity index (χ0v) is 8.54. The van der Waals surface area contributed by atoms with Crippen LogP contribution >= 0.6 is 11.6 Å². The van der Waals surface area contributed by atoms with E-state index in [-0.39, 0.29) is 0 Å². The van der Waals surface area contributed by atoms with Crippen molar-refractivity contribution in [2.45, 2.75) is 32.7 Å². The summed E-state index contributed by atoms with van der Waals surface area (Å²) < 4.78 is 1.94. The highest BCUT2D eigenvalue weighted by Gasteiger charge is 2.24. The van der Waals surface area contributed by atoms with Crippen molar-refractivity contribution in [1.29, 1.82) is 0 Å². The zero-order valence-electron chi connectivity index (χ0n) is 7.78. The van der Waals surface area contributed by atoms with Crippen LogP contribution in [0, 0.1) is 11.8 Å². The van der Waals surface area contributed by atoms with Gasteiger partial charge in [0.05, 0.1) is 0 Å². The van der Waals surface area contributed by atoms with Gasteiger partial charge in [-0.05, 0) is 29.9 Å². The third-order valence-corrected chi connectivity index (χ3v) is 3.33. The van der Waals surface area contributed by atoms with Crippen LogP contribution in [0.15, 0.2) is 6.33 Å². The van der Waals surface area contributed by atoms with E-state index in [9.17, 15) is 0 Å². The van der Waals surface area contributed by atoms with Crippen molar-refractivity contribution in [1.82, 2.24) is 14.8 Å². The summed E-state index contributed by atoms with van der Waals surface area (Å²) >= 11 is 5.86. The summed E-state index contributed by atoms with van der Waals surface area (Å²) in [6.07, 6.45) is 5.74. The van der Waals surface area contributed by atoms with Gasteiger partial charge in [0.25, 0.3) is 0 Å². The van der Waals surface area contributed by atoms with Crippen LogP contribution in [0.3, 0.4) is 0 Å². The van der Waals surface area contributed by atoms with Crippen LogP contribution in [0.5, 0.6) is 0 Å². The van der Waals surface area contributed by atoms with E-state index in [1.165, 1.54) is 19.3 Å². The Hall–Kier alpha value is -0.570. The molecule has 0 N–H and O–H groups in total. The maximum Gasteiger partial charge on any atom is 0.224 e. The Kier molecular flexibility index (Phi) is 2.54. The second-order valence-corrected chi connectivity index (χ2v) is 4.26. The van der Waals surface area contributed by atoms with Gasteiger partial charge in [-0.1, -0.05) is 19.8 Å². The van der Waals surface area contributed by atoms with Crippen molar-refractivity contribution in [3.63, 3.8) is 0 Å². The molecule has 0 amide bonds. The van der Waals surface area contributed by atoms with E-state index in [2.05, 4.69) is 17.1 Å². The zero-order chi connectivity index (χ0) is 9.26. The Labute approximate surface area is 83.1 Å². The number of hydrogen-bond donors (Lipinski definition) is 0. The topological polar surface area (TPSA) is 30.7 Å². The number of rotatable bonds is 2. The van der Waals surface area contributed by atoms with Crippen LogP contribution in [-0.2, 0) is 6.54 Å². The van der Waals surface area contributed by atoms with Crippen molar-refractivity contribution in [3.8, 4) is 0 Å². The molecule has 1 aromatic heterocycles. The third kappa shape index (κ3) is 1.85. The van der Waals surface area contributed by atoms with Crippen LogP contribution < -0.4 is 0 Å². The van der Waals surface area contributed by atoms with Gasteiger partial charge < -0.3 is 4.57 Å². The Morgan fingerprint density at radius 3 is 3.00 bits per heavy atom. The Bertz CT molecular complexity index is 284. The third-order valence-electron chi connectivity index (χ3n) is 3.04. The minimum Gasteiger partial charge on any atom is -0.304 e. The van der Waals surface area contributed by atoms with Crippen LogP contribution in [0.4, 0.5) is 0 Å². The standard InChI is InChI=1S/C9H14ClN3/c1-7-3-2-4-8(7)5-13-6-11-12-9(13)10/h6-8H,2-5H2,1H3. The molecule has 1 aliphatic carbocycles. The van der Waals surface area contributed by atoms with Crippen molar-refractivity contribution in [2.75, 3.05) is 0 Å². The van der Waals surface area contributed by atoms with E-state index in [1.54, 1.807) is 6.33 Å². The quantitative estimate of drug-likeness (QED) is 0.732. The summed E-state index contributed by atoms with van der Waals surface area (Å²) in [6, 6.07) is 0. The first kappa shape index (κ1) is 9.00. The van der Waals surface area contributed by atoms with Gasteiger partial charge in [0, 0.05) is 6.54 Å². The van der Waals surface area contributed by atoms with E-state index >= 15 is 0 Å². The number of halogens is 1. The monoisotopic (exact) mass is 199 g/mol. The van der Waals surface area contributed by atoms with Crippen molar-refractivity contribution in [3.05, 3.63) is 11.6 Å². The maximum atomic E-state index is 5.86. The molecule has 0 saturated heterocycles. The van der Waals surface area contributed by atoms with Crippen LogP contribution in [-0.4, -0.2) is 14.8 Å². The predicted octanol–water partition coefficient (Wildman–Crippen LogP) is 2.37. The highest BCUT2D eigenvalue weighted by Crippen LogP contribution is 2.32. The highest BCUT2D eigenvalue weighted by molar-refractivity contribution is 6.28. The fourth-order valence-corrected chi connectivity index (χ4v) is 2.27. The molecule has 72 valence electrons. The lowest BCUT2D eigenvalue weighted by Crippen LogP contribution is -2.12. The summed E-state index contributed by atoms with van der Waals surface area (Å²) in [5.74, 6) is 1.58. The molecule has 1 aliphatic rings. The van der Waals surface area contributed by atoms with Gasteiger partial charge in [-0.3, -0.25) is 0 Å². The SMILES string of the molecule is CC1CCCC1Cn1cnnc1Cl. The van der Waals surface area contributed by atoms with Crippen molar-refractivity contribution >= 4 is 11.6 Å². The van der Waals surface area contributed by atoms with Gasteiger partial charge in [0.15, 0.2) is 0 Å². The van der Waals surface area contributed by atoms with Gasteiger partial charge in [0.2, 0.25) is 5.28 Å². The molecule has 0 spiro atoms. The first-order chi connectivity index (χ1) is 6.27. The average molecular weight is 200 g/mol. The lowest BCUT2D eigenvalue weighted by Gasteiger charge is -2.15. The summed E-state index contributed by atoms with van der Waals surface area (Å²) in [7, 11) is 0. The van der Waals surface area contributed by atoms with Gasteiger partial charge >= 0.3 is 0 Å². The first-order valence-corrected chi connectivity index (χ1v) is 5.18. The van der Waals surface area contributed by atoms with Gasteiger partial charge in [-0.15, -0.1) is 10.2 Å². The van der Waals surface area contributed by atoms with E-state index in [1.807, 2.05) is 4.57 Å². The molecule has 13 heavy (non-hydrogen) atoms. The average Bonchev–Trinajstić information content (AvgIpc) is 2.65. The Morgan fingerprint density at radius 2 is 2.46 bits per heavy atom. The van der Waals surface area contributed by atoms with Crippen molar-refractivity contribution < 1.29 is 0 Å². The molecule has 2 unspecified atom stereocenters. The van der Waals surface area contributed by atoms with Crippen LogP contribution in [0.1, 0.15) is 26.2 Å². The number of aromatic nitrogens is 3. The maximum absolute atomic E-state index is 5.86. The highest BCUT2D eigenvalue weighted by atomic mass is 35.5.